The number of aliphatic hydroxyl groups excluding tert-OH is 1. The number of nitrogens with one attached hydrogen (secondary N) is 1. The lowest BCUT2D eigenvalue weighted by Gasteiger charge is -2.41. The van der Waals surface area contributed by atoms with Crippen LogP contribution in [0.4, 0.5) is 13.2 Å². The minimum atomic E-state index is -5.02. The van der Waals surface area contributed by atoms with Crippen LogP contribution in [0.1, 0.15) is 54.4 Å². The molecule has 2 aliphatic heterocycles. The van der Waals surface area contributed by atoms with Crippen LogP contribution >= 0.6 is 11.8 Å². The average molecular weight is 709 g/mol. The second-order valence-electron chi connectivity index (χ2n) is 12.6. The number of alkyl halides is 3. The van der Waals surface area contributed by atoms with Crippen LogP contribution in [0.25, 0.3) is 11.1 Å². The van der Waals surface area contributed by atoms with Gasteiger partial charge in [0.15, 0.2) is 11.4 Å². The predicted octanol–water partition coefficient (Wildman–Crippen LogP) is 6.33. The Hall–Kier alpha value is -4.17. The molecule has 9 nitrogen and oxygen atoms in total. The Labute approximate surface area is 292 Å². The smallest absolute Gasteiger partial charge is 0.392 e. The van der Waals surface area contributed by atoms with Crippen LogP contribution < -0.4 is 5.32 Å². The van der Waals surface area contributed by atoms with E-state index in [0.29, 0.717) is 17.1 Å². The van der Waals surface area contributed by atoms with Crippen molar-refractivity contribution in [1.82, 2.24) is 19.8 Å². The number of likely N-dealkylation sites (tertiary alicyclic amines) is 1. The lowest BCUT2D eigenvalue weighted by Crippen LogP contribution is -2.50. The highest BCUT2D eigenvalue weighted by Crippen LogP contribution is 2.43. The maximum atomic E-state index is 13.0. The molecule has 3 aromatic carbocycles. The summed E-state index contributed by atoms with van der Waals surface area (Å²) in [7, 11) is 1.96. The number of amides is 2. The van der Waals surface area contributed by atoms with Gasteiger partial charge in [-0.1, -0.05) is 85.4 Å². The van der Waals surface area contributed by atoms with E-state index < -0.39 is 30.3 Å². The van der Waals surface area contributed by atoms with Gasteiger partial charge >= 0.3 is 12.1 Å². The molecule has 50 heavy (non-hydrogen) atoms. The van der Waals surface area contributed by atoms with Crippen LogP contribution in [0, 0.1) is 5.92 Å². The molecule has 2 aliphatic rings. The highest BCUT2D eigenvalue weighted by Gasteiger charge is 2.47. The third kappa shape index (κ3) is 8.07. The monoisotopic (exact) mass is 708 g/mol. The summed E-state index contributed by atoms with van der Waals surface area (Å²) in [6.07, 6.45) is -1.83. The molecule has 0 bridgehead atoms. The second-order valence-corrected chi connectivity index (χ2v) is 13.6. The molecule has 0 radical (unpaired) electrons. The summed E-state index contributed by atoms with van der Waals surface area (Å²) < 4.78 is 54.2. The van der Waals surface area contributed by atoms with Crippen molar-refractivity contribution < 1.29 is 37.3 Å². The maximum Gasteiger partial charge on any atom is 0.471 e. The van der Waals surface area contributed by atoms with Gasteiger partial charge in [-0.25, -0.2) is 4.98 Å². The third-order valence-corrected chi connectivity index (χ3v) is 10.4. The number of carbonyl (C=O) groups is 2. The van der Waals surface area contributed by atoms with Gasteiger partial charge in [-0.05, 0) is 46.7 Å². The standard InChI is InChI=1S/C37H39F3N4O5S/c1-23-31(22-50-36-41-16-18-43(36)2)48-34(49-32(23)27-10-8-24(21-45)9-11-27)28-14-12-26(13-15-28)29-6-3-5-25(19-29)20-42-33(46)30-7-4-17-44(30)35(47)37(38,39)40/h3,5-6,8-16,18-19,23,30-32,34,45H,4,7,17,20-22H2,1-2H3,(H,42,46)/t23-,30-,31+,32+,34+/m0/s1. The first kappa shape index (κ1) is 35.6. The van der Waals surface area contributed by atoms with Crippen LogP contribution in [0.5, 0.6) is 0 Å². The van der Waals surface area contributed by atoms with E-state index in [1.54, 1.807) is 18.0 Å². The SMILES string of the molecule is C[C@H]1[C@@H](CSc2nccn2C)O[C@@H](c2ccc(-c3cccc(CNC(=O)[C@@H]4CCCN4C(=O)C(F)(F)F)c3)cc2)O[C@H]1c1ccc(CO)cc1. The second kappa shape index (κ2) is 15.4. The van der Waals surface area contributed by atoms with Gasteiger partial charge in [0.25, 0.3) is 0 Å². The Morgan fingerprint density at radius 2 is 1.74 bits per heavy atom. The fourth-order valence-corrected chi connectivity index (χ4v) is 7.50. The zero-order valence-corrected chi connectivity index (χ0v) is 28.5. The fraction of sp³-hybridized carbons (Fsp3) is 0.378. The van der Waals surface area contributed by atoms with Gasteiger partial charge in [0.05, 0.1) is 18.8 Å². The molecule has 13 heteroatoms. The van der Waals surface area contributed by atoms with E-state index >= 15 is 0 Å². The number of carbonyl (C=O) groups excluding carboxylic acids is 2. The quantitative estimate of drug-likeness (QED) is 0.186. The van der Waals surface area contributed by atoms with Crippen LogP contribution in [0.3, 0.4) is 0 Å². The number of rotatable bonds is 10. The molecule has 264 valence electrons. The van der Waals surface area contributed by atoms with E-state index in [1.807, 2.05) is 90.6 Å². The first-order chi connectivity index (χ1) is 24.0. The van der Waals surface area contributed by atoms with Crippen LogP contribution in [0.2, 0.25) is 0 Å². The van der Waals surface area contributed by atoms with Crippen LogP contribution in [-0.4, -0.2) is 62.0 Å². The molecule has 2 amide bonds. The van der Waals surface area contributed by atoms with E-state index in [-0.39, 0.29) is 44.2 Å². The van der Waals surface area contributed by atoms with Crippen molar-refractivity contribution in [2.24, 2.45) is 13.0 Å². The zero-order valence-electron chi connectivity index (χ0n) is 27.7. The molecule has 6 rings (SSSR count). The Balaban J connectivity index is 1.14. The minimum Gasteiger partial charge on any atom is -0.392 e. The van der Waals surface area contributed by atoms with Gasteiger partial charge in [0.2, 0.25) is 5.91 Å². The van der Waals surface area contributed by atoms with Crippen molar-refractivity contribution in [1.29, 1.82) is 0 Å². The zero-order chi connectivity index (χ0) is 35.4. The topological polar surface area (TPSA) is 106 Å². The molecule has 3 heterocycles. The van der Waals surface area contributed by atoms with E-state index in [1.165, 1.54) is 0 Å². The van der Waals surface area contributed by atoms with Crippen molar-refractivity contribution in [3.8, 4) is 11.1 Å². The number of halogens is 3. The van der Waals surface area contributed by atoms with Gasteiger partial charge in [-0.3, -0.25) is 9.59 Å². The third-order valence-electron chi connectivity index (χ3n) is 9.25. The van der Waals surface area contributed by atoms with Crippen LogP contribution in [0.15, 0.2) is 90.3 Å². The summed E-state index contributed by atoms with van der Waals surface area (Å²) in [4.78, 5) is 29.6. The van der Waals surface area contributed by atoms with Crippen molar-refractivity contribution in [2.45, 2.75) is 68.8 Å². The maximum absolute atomic E-state index is 13.0. The van der Waals surface area contributed by atoms with E-state index in [4.69, 9.17) is 9.47 Å². The van der Waals surface area contributed by atoms with E-state index in [9.17, 15) is 27.9 Å². The van der Waals surface area contributed by atoms with Crippen molar-refractivity contribution in [3.05, 3.63) is 107 Å². The Kier molecular flexibility index (Phi) is 11.0. The predicted molar refractivity (Wildman–Crippen MR) is 181 cm³/mol. The molecule has 0 unspecified atom stereocenters. The van der Waals surface area contributed by atoms with Crippen molar-refractivity contribution in [3.63, 3.8) is 0 Å². The van der Waals surface area contributed by atoms with Gasteiger partial charge in [-0.2, -0.15) is 13.2 Å². The number of thioether (sulfide) groups is 1. The van der Waals surface area contributed by atoms with Crippen LogP contribution in [-0.2, 0) is 39.3 Å². The Morgan fingerprint density at radius 3 is 2.42 bits per heavy atom. The minimum absolute atomic E-state index is 0.0309. The largest absolute Gasteiger partial charge is 0.471 e. The van der Waals surface area contributed by atoms with E-state index in [2.05, 4.69) is 17.2 Å². The highest BCUT2D eigenvalue weighted by molar-refractivity contribution is 7.99. The van der Waals surface area contributed by atoms with Crippen molar-refractivity contribution >= 4 is 23.6 Å². The molecule has 0 spiro atoms. The molecule has 2 N–H and O–H groups in total. The molecule has 4 aromatic rings. The number of nitrogens with zero attached hydrogens (tertiary/aromatic N) is 3. The number of aromatic nitrogens is 2. The fourth-order valence-electron chi connectivity index (χ4n) is 6.40. The molecule has 2 saturated heterocycles. The number of ether oxygens (including phenoxy) is 2. The van der Waals surface area contributed by atoms with Gasteiger partial charge in [0.1, 0.15) is 6.04 Å². The number of hydrogen-bond donors (Lipinski definition) is 2. The molecule has 5 atom stereocenters. The normalized spacial score (nSPS) is 22.4. The summed E-state index contributed by atoms with van der Waals surface area (Å²) >= 11 is 1.63. The molecule has 1 aromatic heterocycles. The number of imidazole rings is 1. The summed E-state index contributed by atoms with van der Waals surface area (Å²) in [5.41, 5.74) is 5.25. The molecular weight excluding hydrogens is 669 g/mol. The summed E-state index contributed by atoms with van der Waals surface area (Å²) in [6.45, 7) is 2.10. The highest BCUT2D eigenvalue weighted by atomic mass is 32.2. The number of hydrogen-bond acceptors (Lipinski definition) is 7. The first-order valence-electron chi connectivity index (χ1n) is 16.5. The number of aryl methyl sites for hydroxylation is 1. The van der Waals surface area contributed by atoms with Gasteiger partial charge in [-0.15, -0.1) is 0 Å². The lowest BCUT2D eigenvalue weighted by molar-refractivity contribution is -0.268. The summed E-state index contributed by atoms with van der Waals surface area (Å²) in [6, 6.07) is 22.0. The summed E-state index contributed by atoms with van der Waals surface area (Å²) in [5, 5.41) is 13.1. The van der Waals surface area contributed by atoms with Gasteiger partial charge in [0, 0.05) is 49.8 Å². The first-order valence-corrected chi connectivity index (χ1v) is 17.5. The Morgan fingerprint density at radius 1 is 1.00 bits per heavy atom. The molecule has 0 aliphatic carbocycles. The molecular formula is C37H39F3N4O5S. The number of benzene rings is 3. The summed E-state index contributed by atoms with van der Waals surface area (Å²) in [5.74, 6) is -1.87. The Bertz CT molecular complexity index is 1780. The number of aliphatic hydroxyl groups is 1. The van der Waals surface area contributed by atoms with E-state index in [0.717, 1.165) is 38.5 Å². The average Bonchev–Trinajstić information content (AvgIpc) is 3.79. The lowest BCUT2D eigenvalue weighted by atomic mass is 9.91. The molecule has 0 saturated carbocycles. The van der Waals surface area contributed by atoms with Crippen molar-refractivity contribution in [2.75, 3.05) is 12.3 Å². The molecule has 2 fully saturated rings. The van der Waals surface area contributed by atoms with Gasteiger partial charge < -0.3 is 29.4 Å².